The summed E-state index contributed by atoms with van der Waals surface area (Å²) < 4.78 is 3.86. The molecule has 1 aliphatic carbocycles. The first-order chi connectivity index (χ1) is 19.9. The molecule has 41 heavy (non-hydrogen) atoms. The number of nitrogens with zero attached hydrogens (tertiary/aromatic N) is 5. The summed E-state index contributed by atoms with van der Waals surface area (Å²) in [4.78, 5) is 38.9. The fourth-order valence-electron chi connectivity index (χ4n) is 6.91. The van der Waals surface area contributed by atoms with E-state index in [0.717, 1.165) is 84.4 Å². The minimum absolute atomic E-state index is 0.118. The fourth-order valence-corrected chi connectivity index (χ4v) is 8.41. The Hall–Kier alpha value is -2.23. The van der Waals surface area contributed by atoms with Gasteiger partial charge in [-0.1, -0.05) is 27.5 Å². The van der Waals surface area contributed by atoms with E-state index in [-0.39, 0.29) is 17.7 Å². The number of benzene rings is 1. The molecule has 0 radical (unpaired) electrons. The lowest BCUT2D eigenvalue weighted by Crippen LogP contribution is -2.43. The maximum Gasteiger partial charge on any atom is 0.242 e. The molecular weight excluding hydrogens is 670 g/mol. The second kappa shape index (κ2) is 12.6. The first kappa shape index (κ1) is 28.9. The van der Waals surface area contributed by atoms with E-state index in [4.69, 9.17) is 16.6 Å². The normalized spacial score (nSPS) is 19.9. The van der Waals surface area contributed by atoms with Gasteiger partial charge in [-0.05, 0) is 101 Å². The average Bonchev–Trinajstić information content (AvgIpc) is 3.41. The number of piperidine rings is 2. The lowest BCUT2D eigenvalue weighted by Gasteiger charge is -2.38. The van der Waals surface area contributed by atoms with Crippen LogP contribution in [0.5, 0.6) is 0 Å². The second-order valence-corrected chi connectivity index (χ2v) is 13.8. The summed E-state index contributed by atoms with van der Waals surface area (Å²) in [6.45, 7) is 3.31. The Bertz CT molecular complexity index is 1420. The highest BCUT2D eigenvalue weighted by Gasteiger charge is 2.37. The highest BCUT2D eigenvalue weighted by molar-refractivity contribution is 9.10. The molecule has 2 aliphatic heterocycles. The maximum atomic E-state index is 13.4. The molecule has 1 aromatic carbocycles. The molecule has 2 amide bonds. The van der Waals surface area contributed by atoms with Gasteiger partial charge in [-0.2, -0.15) is 0 Å². The summed E-state index contributed by atoms with van der Waals surface area (Å²) in [5.41, 5.74) is 5.05. The molecule has 3 aromatic rings. The number of aromatic nitrogens is 3. The standard InChI is InChI=1S/C31H34Br2ClN5O2/c32-24-14-23-2-1-22-15-25(34)16-26(33)29(22)30(31(23)36-17-24)21-5-10-38(11-6-21)27(40)13-20-3-8-39(9-4-20)28(41)18-37-12-7-35-19-37/h7,12,14-17,19-21,30H,1-6,8-11,13,18H2/t30-/m1/s1. The Labute approximate surface area is 262 Å². The van der Waals surface area contributed by atoms with Gasteiger partial charge < -0.3 is 14.4 Å². The number of hydrogen-bond acceptors (Lipinski definition) is 4. The number of carbonyl (C=O) groups is 2. The second-order valence-electron chi connectivity index (χ2n) is 11.6. The average molecular weight is 704 g/mol. The van der Waals surface area contributed by atoms with Gasteiger partial charge in [0.25, 0.3) is 0 Å². The smallest absolute Gasteiger partial charge is 0.242 e. The van der Waals surface area contributed by atoms with Crippen molar-refractivity contribution in [1.82, 2.24) is 24.3 Å². The number of halogens is 3. The van der Waals surface area contributed by atoms with E-state index in [1.165, 1.54) is 16.7 Å². The summed E-state index contributed by atoms with van der Waals surface area (Å²) in [5, 5.41) is 0.753. The number of fused-ring (bicyclic) bond motifs is 2. The predicted octanol–water partition coefficient (Wildman–Crippen LogP) is 6.25. The number of rotatable bonds is 5. The van der Waals surface area contributed by atoms with Gasteiger partial charge in [-0.25, -0.2) is 4.98 Å². The fraction of sp³-hybridized carbons (Fsp3) is 0.484. The van der Waals surface area contributed by atoms with Crippen molar-refractivity contribution in [2.24, 2.45) is 11.8 Å². The van der Waals surface area contributed by atoms with E-state index < -0.39 is 0 Å². The molecule has 6 rings (SSSR count). The quantitative estimate of drug-likeness (QED) is 0.315. The van der Waals surface area contributed by atoms with E-state index in [1.807, 2.05) is 23.4 Å². The van der Waals surface area contributed by atoms with Gasteiger partial charge in [0.15, 0.2) is 0 Å². The molecule has 2 aromatic heterocycles. The highest BCUT2D eigenvalue weighted by atomic mass is 79.9. The van der Waals surface area contributed by atoms with Crippen LogP contribution in [0.1, 0.15) is 60.4 Å². The first-order valence-electron chi connectivity index (χ1n) is 14.5. The minimum Gasteiger partial charge on any atom is -0.343 e. The van der Waals surface area contributed by atoms with Crippen LogP contribution >= 0.6 is 43.5 Å². The molecule has 4 heterocycles. The van der Waals surface area contributed by atoms with Crippen LogP contribution in [0.15, 0.2) is 52.1 Å². The predicted molar refractivity (Wildman–Crippen MR) is 166 cm³/mol. The molecule has 0 saturated carbocycles. The van der Waals surface area contributed by atoms with Crippen LogP contribution in [0, 0.1) is 11.8 Å². The van der Waals surface area contributed by atoms with Gasteiger partial charge in [0.1, 0.15) is 6.54 Å². The summed E-state index contributed by atoms with van der Waals surface area (Å²) in [6.07, 6.45) is 13.2. The SMILES string of the molecule is O=C(CC1CCN(C(=O)Cn2ccnc2)CC1)N1CCC([C@H]2c3ncc(Br)cc3CCc3cc(Cl)cc(Br)c32)CC1. The van der Waals surface area contributed by atoms with Crippen molar-refractivity contribution >= 4 is 55.3 Å². The third kappa shape index (κ3) is 6.42. The lowest BCUT2D eigenvalue weighted by molar-refractivity contribution is -0.135. The van der Waals surface area contributed by atoms with Crippen molar-refractivity contribution in [3.05, 3.63) is 79.5 Å². The van der Waals surface area contributed by atoms with E-state index in [1.54, 1.807) is 17.1 Å². The minimum atomic E-state index is 0.118. The van der Waals surface area contributed by atoms with Crippen molar-refractivity contribution in [2.45, 2.75) is 57.4 Å². The molecule has 0 unspecified atom stereocenters. The Balaban J connectivity index is 1.08. The van der Waals surface area contributed by atoms with Crippen LogP contribution in [-0.4, -0.2) is 62.3 Å². The molecule has 2 saturated heterocycles. The number of likely N-dealkylation sites (tertiary alicyclic amines) is 2. The lowest BCUT2D eigenvalue weighted by atomic mass is 9.76. The zero-order valence-corrected chi connectivity index (χ0v) is 26.9. The van der Waals surface area contributed by atoms with E-state index in [0.29, 0.717) is 24.8 Å². The number of carbonyl (C=O) groups excluding carboxylic acids is 2. The molecule has 1 atom stereocenters. The van der Waals surface area contributed by atoms with Crippen LogP contribution in [0.4, 0.5) is 0 Å². The van der Waals surface area contributed by atoms with Gasteiger partial charge >= 0.3 is 0 Å². The van der Waals surface area contributed by atoms with Gasteiger partial charge in [0.2, 0.25) is 11.8 Å². The third-order valence-electron chi connectivity index (χ3n) is 9.09. The van der Waals surface area contributed by atoms with E-state index in [9.17, 15) is 9.59 Å². The van der Waals surface area contributed by atoms with Gasteiger partial charge in [0.05, 0.1) is 12.0 Å². The molecular formula is C31H34Br2ClN5O2. The van der Waals surface area contributed by atoms with E-state index >= 15 is 0 Å². The molecule has 3 aliphatic rings. The van der Waals surface area contributed by atoms with Crippen molar-refractivity contribution in [3.63, 3.8) is 0 Å². The molecule has 2 fully saturated rings. The summed E-state index contributed by atoms with van der Waals surface area (Å²) in [6, 6.07) is 6.34. The van der Waals surface area contributed by atoms with Crippen molar-refractivity contribution in [3.8, 4) is 0 Å². The third-order valence-corrected chi connectivity index (χ3v) is 10.4. The molecule has 216 valence electrons. The van der Waals surface area contributed by atoms with Crippen LogP contribution in [0.3, 0.4) is 0 Å². The van der Waals surface area contributed by atoms with Crippen LogP contribution in [0.2, 0.25) is 5.02 Å². The molecule has 0 N–H and O–H groups in total. The van der Waals surface area contributed by atoms with Gasteiger partial charge in [-0.15, -0.1) is 0 Å². The van der Waals surface area contributed by atoms with Crippen molar-refractivity contribution in [2.75, 3.05) is 26.2 Å². The first-order valence-corrected chi connectivity index (χ1v) is 16.5. The van der Waals surface area contributed by atoms with Gasteiger partial charge in [0, 0.05) is 71.1 Å². The Morgan fingerprint density at radius 3 is 2.37 bits per heavy atom. The summed E-state index contributed by atoms with van der Waals surface area (Å²) >= 11 is 13.9. The molecule has 10 heteroatoms. The van der Waals surface area contributed by atoms with Crippen LogP contribution < -0.4 is 0 Å². The monoisotopic (exact) mass is 701 g/mol. The molecule has 7 nitrogen and oxygen atoms in total. The number of pyridine rings is 1. The number of imidazole rings is 1. The Morgan fingerprint density at radius 1 is 0.927 bits per heavy atom. The number of amides is 2. The molecule has 0 spiro atoms. The number of aryl methyl sites for hydroxylation is 2. The topological polar surface area (TPSA) is 71.3 Å². The summed E-state index contributed by atoms with van der Waals surface area (Å²) in [7, 11) is 0. The van der Waals surface area contributed by atoms with Crippen LogP contribution in [0.25, 0.3) is 0 Å². The van der Waals surface area contributed by atoms with Crippen molar-refractivity contribution < 1.29 is 9.59 Å². The highest BCUT2D eigenvalue weighted by Crippen LogP contribution is 2.46. The zero-order valence-electron chi connectivity index (χ0n) is 22.9. The zero-order chi connectivity index (χ0) is 28.5. The largest absolute Gasteiger partial charge is 0.343 e. The van der Waals surface area contributed by atoms with Gasteiger partial charge in [-0.3, -0.25) is 14.6 Å². The number of hydrogen-bond donors (Lipinski definition) is 0. The Morgan fingerprint density at radius 2 is 1.63 bits per heavy atom. The maximum absolute atomic E-state index is 13.4. The Kier molecular flexibility index (Phi) is 8.84. The van der Waals surface area contributed by atoms with Crippen LogP contribution in [-0.2, 0) is 29.0 Å². The van der Waals surface area contributed by atoms with E-state index in [2.05, 4.69) is 53.9 Å². The summed E-state index contributed by atoms with van der Waals surface area (Å²) in [5.74, 6) is 1.27. The van der Waals surface area contributed by atoms with Crippen molar-refractivity contribution in [1.29, 1.82) is 0 Å². The molecule has 0 bridgehead atoms.